The van der Waals surface area contributed by atoms with Crippen LogP contribution in [0, 0.1) is 0 Å². The lowest BCUT2D eigenvalue weighted by Crippen LogP contribution is -2.61. The molecule has 3 N–H and O–H groups in total. The highest BCUT2D eigenvalue weighted by molar-refractivity contribution is 6.30. The minimum Gasteiger partial charge on any atom is -0.335 e. The van der Waals surface area contributed by atoms with E-state index in [1.807, 2.05) is 29.2 Å². The molecule has 1 aromatic carbocycles. The summed E-state index contributed by atoms with van der Waals surface area (Å²) in [6.07, 6.45) is 11.2. The molecule has 3 aliphatic rings. The third-order valence-electron chi connectivity index (χ3n) is 9.00. The molecule has 9 heteroatoms. The Kier molecular flexibility index (Phi) is 12.7. The molecule has 2 saturated heterocycles. The molecule has 39 heavy (non-hydrogen) atoms. The molecule has 3 amide bonds. The molecule has 7 nitrogen and oxygen atoms in total. The van der Waals surface area contributed by atoms with Crippen molar-refractivity contribution >= 4 is 35.9 Å². The molecule has 1 aliphatic carbocycles. The Morgan fingerprint density at radius 3 is 2.18 bits per heavy atom. The number of halogens is 2. The van der Waals surface area contributed by atoms with Crippen LogP contribution >= 0.6 is 24.0 Å². The van der Waals surface area contributed by atoms with E-state index in [1.54, 1.807) is 0 Å². The summed E-state index contributed by atoms with van der Waals surface area (Å²) >= 11 is 6.10. The van der Waals surface area contributed by atoms with Gasteiger partial charge in [0.05, 0.1) is 6.04 Å². The van der Waals surface area contributed by atoms with Gasteiger partial charge in [-0.15, -0.1) is 12.4 Å². The number of nitrogens with two attached hydrogens (primary N) is 1. The summed E-state index contributed by atoms with van der Waals surface area (Å²) in [6.45, 7) is 6.95. The molecule has 0 spiro atoms. The minimum absolute atomic E-state index is 0. The van der Waals surface area contributed by atoms with Gasteiger partial charge in [-0.05, 0) is 96.0 Å². The van der Waals surface area contributed by atoms with Crippen LogP contribution in [-0.2, 0) is 11.2 Å². The highest BCUT2D eigenvalue weighted by atomic mass is 35.5. The molecular formula is C30H49Cl2N5O2. The van der Waals surface area contributed by atoms with Crippen LogP contribution in [0.3, 0.4) is 0 Å². The van der Waals surface area contributed by atoms with Gasteiger partial charge in [0.2, 0.25) is 5.91 Å². The Hall–Kier alpha value is -1.54. The number of carbonyl (C=O) groups excluding carboxylic acids is 2. The summed E-state index contributed by atoms with van der Waals surface area (Å²) in [6, 6.07) is 8.66. The molecule has 2 heterocycles. The number of nitrogens with zero attached hydrogens (tertiary/aromatic N) is 3. The lowest BCUT2D eigenvalue weighted by molar-refractivity contribution is -0.139. The van der Waals surface area contributed by atoms with Gasteiger partial charge in [0, 0.05) is 42.3 Å². The van der Waals surface area contributed by atoms with E-state index in [2.05, 4.69) is 29.0 Å². The van der Waals surface area contributed by atoms with Crippen LogP contribution < -0.4 is 11.1 Å². The van der Waals surface area contributed by atoms with Gasteiger partial charge in [0.1, 0.15) is 0 Å². The quantitative estimate of drug-likeness (QED) is 0.350. The monoisotopic (exact) mass is 581 g/mol. The molecule has 3 fully saturated rings. The number of urea groups is 1. The average Bonchev–Trinajstić information content (AvgIpc) is 3.20. The van der Waals surface area contributed by atoms with Gasteiger partial charge in [-0.2, -0.15) is 0 Å². The van der Waals surface area contributed by atoms with Gasteiger partial charge < -0.3 is 25.8 Å². The second-order valence-electron chi connectivity index (χ2n) is 11.4. The second kappa shape index (κ2) is 15.5. The molecule has 1 saturated carbocycles. The van der Waals surface area contributed by atoms with Crippen molar-refractivity contribution in [3.63, 3.8) is 0 Å². The van der Waals surface area contributed by atoms with Crippen LogP contribution in [0.1, 0.15) is 83.6 Å². The Morgan fingerprint density at radius 1 is 1.00 bits per heavy atom. The summed E-state index contributed by atoms with van der Waals surface area (Å²) in [4.78, 5) is 34.3. The van der Waals surface area contributed by atoms with E-state index in [9.17, 15) is 9.59 Å². The van der Waals surface area contributed by atoms with Crippen molar-refractivity contribution in [3.05, 3.63) is 34.9 Å². The molecular weight excluding hydrogens is 533 g/mol. The zero-order chi connectivity index (χ0) is 27.1. The van der Waals surface area contributed by atoms with Crippen molar-refractivity contribution in [2.24, 2.45) is 5.73 Å². The maximum atomic E-state index is 14.1. The van der Waals surface area contributed by atoms with E-state index < -0.39 is 0 Å². The third-order valence-corrected chi connectivity index (χ3v) is 9.25. The highest BCUT2D eigenvalue weighted by Crippen LogP contribution is 2.40. The lowest BCUT2D eigenvalue weighted by atomic mass is 9.89. The number of fused-ring (bicyclic) bond motifs is 2. The van der Waals surface area contributed by atoms with Gasteiger partial charge in [0.25, 0.3) is 0 Å². The molecule has 1 aromatic rings. The Balaban J connectivity index is 0.00000420. The smallest absolute Gasteiger partial charge is 0.320 e. The molecule has 2 bridgehead atoms. The summed E-state index contributed by atoms with van der Waals surface area (Å²) in [5.41, 5.74) is 6.84. The predicted molar refractivity (Wildman–Crippen MR) is 162 cm³/mol. The normalized spacial score (nSPS) is 23.7. The first-order valence-corrected chi connectivity index (χ1v) is 15.4. The molecule has 2 unspecified atom stereocenters. The number of benzene rings is 1. The van der Waals surface area contributed by atoms with Crippen LogP contribution in [0.5, 0.6) is 0 Å². The van der Waals surface area contributed by atoms with Crippen molar-refractivity contribution in [3.8, 4) is 0 Å². The molecule has 220 valence electrons. The van der Waals surface area contributed by atoms with Crippen molar-refractivity contribution < 1.29 is 9.59 Å². The first kappa shape index (κ1) is 32.0. The first-order chi connectivity index (χ1) is 18.5. The summed E-state index contributed by atoms with van der Waals surface area (Å²) < 4.78 is 0. The lowest BCUT2D eigenvalue weighted by Gasteiger charge is -2.48. The van der Waals surface area contributed by atoms with Crippen molar-refractivity contribution in [2.45, 2.75) is 115 Å². The van der Waals surface area contributed by atoms with E-state index in [4.69, 9.17) is 17.3 Å². The van der Waals surface area contributed by atoms with E-state index in [-0.39, 0.29) is 48.5 Å². The zero-order valence-corrected chi connectivity index (χ0v) is 25.4. The maximum Gasteiger partial charge on any atom is 0.320 e. The predicted octanol–water partition coefficient (Wildman–Crippen LogP) is 5.23. The summed E-state index contributed by atoms with van der Waals surface area (Å²) in [5.74, 6) is 0.196. The molecule has 0 aromatic heterocycles. The number of rotatable bonds is 11. The van der Waals surface area contributed by atoms with Crippen LogP contribution in [0.2, 0.25) is 5.02 Å². The average molecular weight is 583 g/mol. The number of hydrogen-bond acceptors (Lipinski definition) is 4. The second-order valence-corrected chi connectivity index (χ2v) is 11.8. The van der Waals surface area contributed by atoms with E-state index in [1.165, 1.54) is 19.3 Å². The fraction of sp³-hybridized carbons (Fsp3) is 0.733. The van der Waals surface area contributed by atoms with Crippen LogP contribution in [0.4, 0.5) is 4.79 Å². The van der Waals surface area contributed by atoms with Crippen LogP contribution in [-0.4, -0.2) is 83.0 Å². The Morgan fingerprint density at radius 2 is 1.62 bits per heavy atom. The minimum atomic E-state index is -0.283. The number of carbonyl (C=O) groups is 2. The highest BCUT2D eigenvalue weighted by Gasteiger charge is 2.48. The number of hydrogen-bond donors (Lipinski definition) is 2. The van der Waals surface area contributed by atoms with Crippen molar-refractivity contribution in [2.75, 3.05) is 26.2 Å². The fourth-order valence-corrected chi connectivity index (χ4v) is 7.15. The fourth-order valence-electron chi connectivity index (χ4n) is 7.02. The first-order valence-electron chi connectivity index (χ1n) is 15.0. The number of piperidine rings is 1. The van der Waals surface area contributed by atoms with Gasteiger partial charge in [-0.1, -0.05) is 43.0 Å². The summed E-state index contributed by atoms with van der Waals surface area (Å²) in [7, 11) is 0. The third kappa shape index (κ3) is 7.81. The van der Waals surface area contributed by atoms with Crippen molar-refractivity contribution in [1.29, 1.82) is 0 Å². The van der Waals surface area contributed by atoms with Gasteiger partial charge in [0.15, 0.2) is 0 Å². The number of nitrogens with one attached hydrogen (secondary N) is 1. The van der Waals surface area contributed by atoms with E-state index in [0.717, 1.165) is 70.1 Å². The standard InChI is InChI=1S/C30H48ClN5O2.ClH/c1-3-34(4-2)30(38)36(24-9-6-5-7-10-24)27-20-25-15-16-26(21-27)35(25)29(37)28(33-18-8-17-32)19-22-11-13-23(31)14-12-22;/h11-14,24-28,33H,3-10,15-21,32H2,1-2H3;1H/t25?,26?,27?,28-;/m1./s1. The maximum absolute atomic E-state index is 14.1. The van der Waals surface area contributed by atoms with Gasteiger partial charge in [-0.3, -0.25) is 4.79 Å². The van der Waals surface area contributed by atoms with Crippen LogP contribution in [0.15, 0.2) is 24.3 Å². The number of amides is 3. The molecule has 2 aliphatic heterocycles. The molecule has 4 rings (SSSR count). The van der Waals surface area contributed by atoms with Gasteiger partial charge >= 0.3 is 6.03 Å². The molecule has 0 radical (unpaired) electrons. The topological polar surface area (TPSA) is 81.9 Å². The summed E-state index contributed by atoms with van der Waals surface area (Å²) in [5, 5.41) is 4.21. The van der Waals surface area contributed by atoms with E-state index >= 15 is 0 Å². The van der Waals surface area contributed by atoms with Crippen LogP contribution in [0.25, 0.3) is 0 Å². The zero-order valence-electron chi connectivity index (χ0n) is 23.8. The SMILES string of the molecule is CCN(CC)C(=O)N(C1CCCCC1)C1CC2CCC(C1)N2C(=O)[C@@H](Cc1ccc(Cl)cc1)NCCCN.Cl. The van der Waals surface area contributed by atoms with Gasteiger partial charge in [-0.25, -0.2) is 4.79 Å². The van der Waals surface area contributed by atoms with E-state index in [0.29, 0.717) is 24.0 Å². The largest absolute Gasteiger partial charge is 0.335 e. The Labute approximate surface area is 246 Å². The Bertz CT molecular complexity index is 893. The molecule has 3 atom stereocenters. The van der Waals surface area contributed by atoms with Crippen molar-refractivity contribution in [1.82, 2.24) is 20.0 Å².